The number of aryl methyl sites for hydroxylation is 1. The Morgan fingerprint density at radius 3 is 2.11 bits per heavy atom. The molecule has 0 spiro atoms. The van der Waals surface area contributed by atoms with Crippen molar-refractivity contribution < 1.29 is 24.0 Å². The van der Waals surface area contributed by atoms with E-state index >= 15 is 0 Å². The predicted octanol–water partition coefficient (Wildman–Crippen LogP) is 5.87. The van der Waals surface area contributed by atoms with Crippen LogP contribution in [0.25, 0.3) is 22.5 Å². The first-order chi connectivity index (χ1) is 16.4. The maximum absolute atomic E-state index is 12.5. The summed E-state index contributed by atoms with van der Waals surface area (Å²) in [6.45, 7) is 3.56. The molecule has 0 aliphatic carbocycles. The molecule has 0 unspecified atom stereocenters. The van der Waals surface area contributed by atoms with Gasteiger partial charge in [0, 0.05) is 35.1 Å². The van der Waals surface area contributed by atoms with Gasteiger partial charge >= 0.3 is 12.1 Å². The quantitative estimate of drug-likeness (QED) is 0.321. The Kier molecular flexibility index (Phi) is 8.87. The molecule has 0 saturated heterocycles. The number of carboxylic acid groups (broad SMARTS) is 1. The third-order valence-electron chi connectivity index (χ3n) is 5.43. The molecule has 1 atom stereocenters. The molecule has 173 valence electrons. The van der Waals surface area contributed by atoms with Crippen LogP contribution in [0.4, 0.5) is 10.5 Å². The van der Waals surface area contributed by atoms with Crippen molar-refractivity contribution in [2.75, 3.05) is 5.32 Å². The predicted molar refractivity (Wildman–Crippen MR) is 134 cm³/mol. The second-order valence-electron chi connectivity index (χ2n) is 7.90. The van der Waals surface area contributed by atoms with Crippen LogP contribution in [0.2, 0.25) is 0 Å². The maximum Gasteiger partial charge on any atom is 0.412 e. The minimum absolute atomic E-state index is 0. The number of aromatic nitrogens is 1. The number of hydrogen-bond acceptors (Lipinski definition) is 5. The van der Waals surface area contributed by atoms with Crippen LogP contribution < -0.4 is 5.32 Å². The summed E-state index contributed by atoms with van der Waals surface area (Å²) in [6, 6.07) is 24.5. The second kappa shape index (κ2) is 11.8. The number of benzene rings is 3. The van der Waals surface area contributed by atoms with Crippen LogP contribution in [0.3, 0.4) is 0 Å². The van der Waals surface area contributed by atoms with Gasteiger partial charge in [-0.3, -0.25) is 10.1 Å². The van der Waals surface area contributed by atoms with Crippen molar-refractivity contribution in [3.8, 4) is 22.5 Å². The van der Waals surface area contributed by atoms with Crippen LogP contribution in [0, 0.1) is 6.92 Å². The minimum atomic E-state index is -0.859. The summed E-state index contributed by atoms with van der Waals surface area (Å²) >= 11 is 0. The van der Waals surface area contributed by atoms with E-state index in [4.69, 9.17) is 14.4 Å². The molecule has 7 nitrogen and oxygen atoms in total. The third kappa shape index (κ3) is 6.60. The molecule has 3 aromatic carbocycles. The molecule has 8 heteroatoms. The molecule has 35 heavy (non-hydrogen) atoms. The van der Waals surface area contributed by atoms with Crippen molar-refractivity contribution in [3.05, 3.63) is 95.7 Å². The van der Waals surface area contributed by atoms with E-state index in [1.54, 1.807) is 19.1 Å². The van der Waals surface area contributed by atoms with Crippen molar-refractivity contribution in [3.63, 3.8) is 0 Å². The van der Waals surface area contributed by atoms with Crippen LogP contribution in [-0.2, 0) is 16.0 Å². The number of nitrogens with zero attached hydrogens (tertiary/aromatic N) is 1. The number of carbonyl (C=O) groups is 2. The molecule has 0 aliphatic rings. The van der Waals surface area contributed by atoms with Gasteiger partial charge in [-0.2, -0.15) is 0 Å². The smallest absolute Gasteiger partial charge is 0.412 e. The van der Waals surface area contributed by atoms with Crippen molar-refractivity contribution in [2.45, 2.75) is 26.4 Å². The van der Waals surface area contributed by atoms with E-state index < -0.39 is 18.2 Å². The molecule has 1 heterocycles. The first-order valence-corrected chi connectivity index (χ1v) is 10.8. The fraction of sp³-hybridized carbons (Fsp3) is 0.148. The summed E-state index contributed by atoms with van der Waals surface area (Å²) in [5.41, 5.74) is 5.31. The fourth-order valence-corrected chi connectivity index (χ4v) is 3.60. The number of hydrogen-bond donors (Lipinski definition) is 2. The van der Waals surface area contributed by atoms with Crippen molar-refractivity contribution in [1.82, 2.24) is 5.16 Å². The Balaban J connectivity index is 0.00000342. The normalized spacial score (nSPS) is 11.3. The Morgan fingerprint density at radius 2 is 1.51 bits per heavy atom. The zero-order chi connectivity index (χ0) is 24.1. The van der Waals surface area contributed by atoms with Gasteiger partial charge in [0.2, 0.25) is 0 Å². The van der Waals surface area contributed by atoms with E-state index in [0.717, 1.165) is 27.8 Å². The number of carboxylic acids is 1. The SMILES string of the molecule is Cc1noc(-c2ccc(-c3ccc(CC(=O)O)cc3)cc2)c1NC(=O)O[C@H](C)c1ccccc1.[Na]. The van der Waals surface area contributed by atoms with E-state index in [1.165, 1.54) is 0 Å². The zero-order valence-corrected chi connectivity index (χ0v) is 21.8. The van der Waals surface area contributed by atoms with E-state index in [2.05, 4.69) is 10.5 Å². The molecule has 0 aliphatic heterocycles. The number of amides is 1. The summed E-state index contributed by atoms with van der Waals surface area (Å²) in [7, 11) is 0. The number of aliphatic carboxylic acids is 1. The number of nitrogens with one attached hydrogen (secondary N) is 1. The van der Waals surface area contributed by atoms with E-state index in [-0.39, 0.29) is 36.0 Å². The van der Waals surface area contributed by atoms with Crippen LogP contribution in [0.15, 0.2) is 83.4 Å². The van der Waals surface area contributed by atoms with Gasteiger partial charge in [0.15, 0.2) is 5.76 Å². The van der Waals surface area contributed by atoms with E-state index in [0.29, 0.717) is 17.1 Å². The molecular weight excluding hydrogens is 455 g/mol. The van der Waals surface area contributed by atoms with Gasteiger partial charge in [0.25, 0.3) is 0 Å². The summed E-state index contributed by atoms with van der Waals surface area (Å²) in [6.07, 6.45) is -1.01. The third-order valence-corrected chi connectivity index (χ3v) is 5.43. The first kappa shape index (κ1) is 26.2. The monoisotopic (exact) mass is 479 g/mol. The van der Waals surface area contributed by atoms with Gasteiger partial charge in [0.1, 0.15) is 17.5 Å². The van der Waals surface area contributed by atoms with Crippen LogP contribution in [-0.4, -0.2) is 51.9 Å². The fourth-order valence-electron chi connectivity index (χ4n) is 3.60. The standard InChI is InChI=1S/C27H24N2O5.Na/c1-17-25(28-27(32)33-18(2)20-6-4-3-5-7-20)26(34-29-17)23-14-12-22(13-15-23)21-10-8-19(9-11-21)16-24(30)31;/h3-15,18H,16H2,1-2H3,(H,28,32)(H,30,31);/t18-;/m1./s1. The summed E-state index contributed by atoms with van der Waals surface area (Å²) < 4.78 is 11.0. The van der Waals surface area contributed by atoms with Gasteiger partial charge in [-0.1, -0.05) is 84.0 Å². The number of ether oxygens (including phenoxy) is 1. The maximum atomic E-state index is 12.5. The minimum Gasteiger partial charge on any atom is -0.481 e. The van der Waals surface area contributed by atoms with Gasteiger partial charge < -0.3 is 14.4 Å². The second-order valence-corrected chi connectivity index (χ2v) is 7.90. The largest absolute Gasteiger partial charge is 0.481 e. The van der Waals surface area contributed by atoms with E-state index in [9.17, 15) is 9.59 Å². The molecule has 0 saturated carbocycles. The molecule has 1 aromatic heterocycles. The summed E-state index contributed by atoms with van der Waals surface area (Å²) in [4.78, 5) is 23.4. The molecule has 4 rings (SSSR count). The van der Waals surface area contributed by atoms with E-state index in [1.807, 2.05) is 73.7 Å². The average Bonchev–Trinajstić information content (AvgIpc) is 3.19. The Bertz CT molecular complexity index is 1290. The zero-order valence-electron chi connectivity index (χ0n) is 19.8. The van der Waals surface area contributed by atoms with Crippen LogP contribution >= 0.6 is 0 Å². The number of rotatable bonds is 7. The molecule has 0 fully saturated rings. The van der Waals surface area contributed by atoms with Crippen molar-refractivity contribution in [2.24, 2.45) is 0 Å². The number of carbonyl (C=O) groups excluding carboxylic acids is 1. The molecular formula is C27H24N2NaO5. The molecule has 0 bridgehead atoms. The van der Waals surface area contributed by atoms with Crippen molar-refractivity contribution >= 4 is 47.3 Å². The summed E-state index contributed by atoms with van der Waals surface area (Å²) in [5, 5.41) is 15.7. The molecule has 2 N–H and O–H groups in total. The van der Waals surface area contributed by atoms with Gasteiger partial charge in [0.05, 0.1) is 6.42 Å². The first-order valence-electron chi connectivity index (χ1n) is 10.8. The van der Waals surface area contributed by atoms with Crippen LogP contribution in [0.5, 0.6) is 0 Å². The van der Waals surface area contributed by atoms with Crippen LogP contribution in [0.1, 0.15) is 29.8 Å². The molecule has 1 radical (unpaired) electrons. The van der Waals surface area contributed by atoms with Gasteiger partial charge in [-0.05, 0) is 36.1 Å². The van der Waals surface area contributed by atoms with Gasteiger partial charge in [-0.15, -0.1) is 0 Å². The Labute approximate surface area is 225 Å². The van der Waals surface area contributed by atoms with Crippen molar-refractivity contribution in [1.29, 1.82) is 0 Å². The Hall–Kier alpha value is -3.39. The Morgan fingerprint density at radius 1 is 0.943 bits per heavy atom. The average molecular weight is 479 g/mol. The molecule has 1 amide bonds. The summed E-state index contributed by atoms with van der Waals surface area (Å²) in [5.74, 6) is -0.424. The van der Waals surface area contributed by atoms with Gasteiger partial charge in [-0.25, -0.2) is 4.79 Å². The topological polar surface area (TPSA) is 102 Å². The molecule has 4 aromatic rings. The number of anilines is 1.